The first-order valence-electron chi connectivity index (χ1n) is 6.34. The summed E-state index contributed by atoms with van der Waals surface area (Å²) in [4.78, 5) is 19.9. The van der Waals surface area contributed by atoms with Gasteiger partial charge in [0.2, 0.25) is 0 Å². The predicted octanol–water partition coefficient (Wildman–Crippen LogP) is 1.42. The van der Waals surface area contributed by atoms with Gasteiger partial charge in [-0.15, -0.1) is 0 Å². The van der Waals surface area contributed by atoms with Crippen LogP contribution in [0.25, 0.3) is 0 Å². The number of benzene rings is 1. The molecule has 1 aromatic carbocycles. The molecule has 1 aromatic heterocycles. The molecule has 1 amide bonds. The zero-order chi connectivity index (χ0) is 14.6. The molecule has 0 saturated heterocycles. The van der Waals surface area contributed by atoms with E-state index in [9.17, 15) is 9.90 Å². The van der Waals surface area contributed by atoms with E-state index < -0.39 is 5.60 Å². The molecule has 1 heterocycles. The maximum Gasteiger partial charge on any atom is 0.271 e. The number of aliphatic hydroxyl groups is 1. The van der Waals surface area contributed by atoms with Gasteiger partial charge in [0.25, 0.3) is 5.91 Å². The highest BCUT2D eigenvalue weighted by Crippen LogP contribution is 2.18. The van der Waals surface area contributed by atoms with Gasteiger partial charge in [-0.2, -0.15) is 0 Å². The van der Waals surface area contributed by atoms with E-state index in [1.54, 1.807) is 13.8 Å². The summed E-state index contributed by atoms with van der Waals surface area (Å²) in [6.45, 7) is 3.56. The Kier molecular flexibility index (Phi) is 4.10. The molecule has 20 heavy (non-hydrogen) atoms. The molecule has 0 fully saturated rings. The van der Waals surface area contributed by atoms with Crippen LogP contribution < -0.4 is 5.32 Å². The Balaban J connectivity index is 2.01. The summed E-state index contributed by atoms with van der Waals surface area (Å²) in [5.74, 6) is -0.353. The van der Waals surface area contributed by atoms with E-state index in [4.69, 9.17) is 0 Å². The summed E-state index contributed by atoms with van der Waals surface area (Å²) >= 11 is 0. The first-order chi connectivity index (χ1) is 9.49. The van der Waals surface area contributed by atoms with Crippen molar-refractivity contribution in [2.45, 2.75) is 19.4 Å². The number of rotatable bonds is 4. The number of nitrogens with one attached hydrogen (secondary N) is 1. The van der Waals surface area contributed by atoms with E-state index in [1.165, 1.54) is 12.4 Å². The molecule has 5 heteroatoms. The quantitative estimate of drug-likeness (QED) is 0.882. The van der Waals surface area contributed by atoms with Crippen LogP contribution >= 0.6 is 0 Å². The second-order valence-corrected chi connectivity index (χ2v) is 4.87. The highest BCUT2D eigenvalue weighted by molar-refractivity contribution is 5.91. The van der Waals surface area contributed by atoms with Gasteiger partial charge in [0, 0.05) is 6.20 Å². The molecule has 0 aliphatic heterocycles. The second kappa shape index (κ2) is 5.79. The zero-order valence-electron chi connectivity index (χ0n) is 11.5. The van der Waals surface area contributed by atoms with E-state index in [0.717, 1.165) is 11.3 Å². The van der Waals surface area contributed by atoms with Gasteiger partial charge in [-0.3, -0.25) is 9.78 Å². The maximum atomic E-state index is 11.9. The van der Waals surface area contributed by atoms with Gasteiger partial charge in [-0.1, -0.05) is 30.3 Å². The molecule has 0 aliphatic carbocycles. The number of aromatic nitrogens is 2. The van der Waals surface area contributed by atoms with Crippen molar-refractivity contribution in [1.82, 2.24) is 15.3 Å². The van der Waals surface area contributed by atoms with Crippen LogP contribution in [0.15, 0.2) is 42.7 Å². The average molecular weight is 271 g/mol. The summed E-state index contributed by atoms with van der Waals surface area (Å²) in [6.07, 6.45) is 2.95. The summed E-state index contributed by atoms with van der Waals surface area (Å²) in [5, 5.41) is 13.0. The molecule has 0 unspecified atom stereocenters. The Morgan fingerprint density at radius 1 is 1.25 bits per heavy atom. The number of amides is 1. The van der Waals surface area contributed by atoms with Crippen LogP contribution in [0, 0.1) is 6.92 Å². The fourth-order valence-electron chi connectivity index (χ4n) is 1.75. The van der Waals surface area contributed by atoms with Crippen molar-refractivity contribution in [1.29, 1.82) is 0 Å². The van der Waals surface area contributed by atoms with Gasteiger partial charge in [0.1, 0.15) is 11.3 Å². The first-order valence-corrected chi connectivity index (χ1v) is 6.34. The third-order valence-electron chi connectivity index (χ3n) is 3.00. The third-order valence-corrected chi connectivity index (χ3v) is 3.00. The van der Waals surface area contributed by atoms with Crippen molar-refractivity contribution in [2.24, 2.45) is 0 Å². The highest BCUT2D eigenvalue weighted by Gasteiger charge is 2.23. The molecule has 0 radical (unpaired) electrons. The van der Waals surface area contributed by atoms with Crippen molar-refractivity contribution in [2.75, 3.05) is 6.54 Å². The molecule has 2 N–H and O–H groups in total. The van der Waals surface area contributed by atoms with Crippen LogP contribution in [-0.2, 0) is 5.60 Å². The molecule has 1 atom stereocenters. The second-order valence-electron chi connectivity index (χ2n) is 4.87. The lowest BCUT2D eigenvalue weighted by Gasteiger charge is -2.24. The lowest BCUT2D eigenvalue weighted by molar-refractivity contribution is 0.0525. The minimum atomic E-state index is -1.13. The van der Waals surface area contributed by atoms with Crippen molar-refractivity contribution in [3.05, 3.63) is 59.7 Å². The third kappa shape index (κ3) is 3.39. The van der Waals surface area contributed by atoms with E-state index in [-0.39, 0.29) is 18.1 Å². The van der Waals surface area contributed by atoms with Crippen LogP contribution in [0.4, 0.5) is 0 Å². The largest absolute Gasteiger partial charge is 0.384 e. The fraction of sp³-hybridized carbons (Fsp3) is 0.267. The zero-order valence-corrected chi connectivity index (χ0v) is 11.5. The molecular weight excluding hydrogens is 254 g/mol. The van der Waals surface area contributed by atoms with Gasteiger partial charge in [-0.25, -0.2) is 4.98 Å². The molecule has 0 saturated carbocycles. The molecule has 104 valence electrons. The molecule has 5 nitrogen and oxygen atoms in total. The molecule has 0 bridgehead atoms. The summed E-state index contributed by atoms with van der Waals surface area (Å²) < 4.78 is 0. The number of carbonyl (C=O) groups excluding carboxylic acids is 1. The molecule has 0 aliphatic rings. The van der Waals surface area contributed by atoms with Crippen molar-refractivity contribution < 1.29 is 9.90 Å². The van der Waals surface area contributed by atoms with Gasteiger partial charge in [0.05, 0.1) is 18.4 Å². The molecular formula is C15H17N3O2. The first kappa shape index (κ1) is 14.1. The van der Waals surface area contributed by atoms with Crippen LogP contribution in [0.2, 0.25) is 0 Å². The Morgan fingerprint density at radius 3 is 2.55 bits per heavy atom. The van der Waals surface area contributed by atoms with Crippen LogP contribution in [0.5, 0.6) is 0 Å². The van der Waals surface area contributed by atoms with Crippen LogP contribution in [-0.4, -0.2) is 27.5 Å². The van der Waals surface area contributed by atoms with Crippen molar-refractivity contribution in [3.63, 3.8) is 0 Å². The van der Waals surface area contributed by atoms with Gasteiger partial charge >= 0.3 is 0 Å². The smallest absolute Gasteiger partial charge is 0.271 e. The monoisotopic (exact) mass is 271 g/mol. The lowest BCUT2D eigenvalue weighted by atomic mass is 9.96. The number of hydrogen-bond acceptors (Lipinski definition) is 4. The van der Waals surface area contributed by atoms with Gasteiger partial charge in [0.15, 0.2) is 0 Å². The van der Waals surface area contributed by atoms with E-state index in [2.05, 4.69) is 15.3 Å². The summed E-state index contributed by atoms with van der Waals surface area (Å²) in [5.41, 5.74) is 0.599. The van der Waals surface area contributed by atoms with Crippen molar-refractivity contribution >= 4 is 5.91 Å². The lowest BCUT2D eigenvalue weighted by Crippen LogP contribution is -2.38. The van der Waals surface area contributed by atoms with E-state index >= 15 is 0 Å². The van der Waals surface area contributed by atoms with E-state index in [0.29, 0.717) is 0 Å². The number of hydrogen-bond donors (Lipinski definition) is 2. The Morgan fingerprint density at radius 2 is 1.95 bits per heavy atom. The minimum absolute atomic E-state index is 0.103. The fourth-order valence-corrected chi connectivity index (χ4v) is 1.75. The molecule has 2 rings (SSSR count). The van der Waals surface area contributed by atoms with Gasteiger partial charge in [-0.05, 0) is 19.4 Å². The Bertz CT molecular complexity index is 580. The maximum absolute atomic E-state index is 11.9. The summed E-state index contributed by atoms with van der Waals surface area (Å²) in [7, 11) is 0. The topological polar surface area (TPSA) is 75.1 Å². The van der Waals surface area contributed by atoms with Crippen LogP contribution in [0.3, 0.4) is 0 Å². The minimum Gasteiger partial charge on any atom is -0.384 e. The SMILES string of the molecule is Cc1cnc(C(=O)NC[C@@](C)(O)c2ccccc2)cn1. The predicted molar refractivity (Wildman–Crippen MR) is 75.1 cm³/mol. The normalized spacial score (nSPS) is 13.6. The molecule has 0 spiro atoms. The Hall–Kier alpha value is -2.27. The van der Waals surface area contributed by atoms with Crippen LogP contribution in [0.1, 0.15) is 28.7 Å². The Labute approximate surface area is 117 Å². The van der Waals surface area contributed by atoms with E-state index in [1.807, 2.05) is 30.3 Å². The number of nitrogens with zero attached hydrogens (tertiary/aromatic N) is 2. The summed E-state index contributed by atoms with van der Waals surface area (Å²) in [6, 6.07) is 9.20. The average Bonchev–Trinajstić information content (AvgIpc) is 2.46. The van der Waals surface area contributed by atoms with Crippen molar-refractivity contribution in [3.8, 4) is 0 Å². The molecule has 2 aromatic rings. The number of carbonyl (C=O) groups is 1. The highest BCUT2D eigenvalue weighted by atomic mass is 16.3. The standard InChI is InChI=1S/C15H17N3O2/c1-11-8-17-13(9-16-11)14(19)18-10-15(2,20)12-6-4-3-5-7-12/h3-9,20H,10H2,1-2H3,(H,18,19)/t15-/m1/s1. The van der Waals surface area contributed by atoms with Gasteiger partial charge < -0.3 is 10.4 Å². The number of aryl methyl sites for hydroxylation is 1.